The van der Waals surface area contributed by atoms with Crippen LogP contribution in [0, 0.1) is 5.82 Å². The molecule has 0 aliphatic rings. The Morgan fingerprint density at radius 3 is 2.96 bits per heavy atom. The van der Waals surface area contributed by atoms with Crippen LogP contribution in [0.2, 0.25) is 0 Å². The molecule has 4 N–H and O–H groups in total. The van der Waals surface area contributed by atoms with E-state index in [0.29, 0.717) is 11.4 Å². The number of nitrogens with zero attached hydrogens (tertiary/aromatic N) is 4. The van der Waals surface area contributed by atoms with Crippen molar-refractivity contribution >= 4 is 24.0 Å². The van der Waals surface area contributed by atoms with Crippen molar-refractivity contribution < 1.29 is 19.4 Å². The van der Waals surface area contributed by atoms with Crippen molar-refractivity contribution in [2.75, 3.05) is 23.9 Å². The number of aromatic carboxylic acids is 1. The number of rotatable bonds is 8. The second-order valence-electron chi connectivity index (χ2n) is 5.57. The van der Waals surface area contributed by atoms with Gasteiger partial charge in [0.15, 0.2) is 11.6 Å². The molecule has 1 aromatic carbocycles. The van der Waals surface area contributed by atoms with Crippen molar-refractivity contribution in [3.8, 4) is 5.69 Å². The summed E-state index contributed by atoms with van der Waals surface area (Å²) in [5.41, 5.74) is 4.12. The first-order valence-corrected chi connectivity index (χ1v) is 8.26. The van der Waals surface area contributed by atoms with Gasteiger partial charge in [0.2, 0.25) is 5.95 Å². The maximum absolute atomic E-state index is 13.6. The third kappa shape index (κ3) is 4.48. The highest BCUT2D eigenvalue weighted by molar-refractivity contribution is 5.88. The van der Waals surface area contributed by atoms with Crippen molar-refractivity contribution in [1.29, 1.82) is 0 Å². The number of hydrogen-bond donors (Lipinski definition) is 4. The first-order valence-electron chi connectivity index (χ1n) is 8.26. The molecule has 3 rings (SSSR count). The fourth-order valence-electron chi connectivity index (χ4n) is 2.40. The van der Waals surface area contributed by atoms with Gasteiger partial charge < -0.3 is 20.1 Å². The number of carboxylic acid groups (broad SMARTS) is 1. The number of aromatic nitrogens is 3. The van der Waals surface area contributed by atoms with Gasteiger partial charge in [0.1, 0.15) is 0 Å². The first kappa shape index (κ1) is 19.0. The molecular weight excluding hydrogens is 367 g/mol. The maximum Gasteiger partial charge on any atom is 0.335 e. The highest BCUT2D eigenvalue weighted by Gasteiger charge is 2.07. The van der Waals surface area contributed by atoms with Gasteiger partial charge >= 0.3 is 5.97 Å². The van der Waals surface area contributed by atoms with Crippen molar-refractivity contribution in [2.24, 2.45) is 5.10 Å². The summed E-state index contributed by atoms with van der Waals surface area (Å²) in [5, 5.41) is 24.6. The van der Waals surface area contributed by atoms with E-state index < -0.39 is 11.8 Å². The summed E-state index contributed by atoms with van der Waals surface area (Å²) in [6, 6.07) is 10.1. The van der Waals surface area contributed by atoms with Crippen molar-refractivity contribution in [2.45, 2.75) is 0 Å². The zero-order valence-electron chi connectivity index (χ0n) is 14.6. The number of nitrogens with one attached hydrogen (secondary N) is 2. The van der Waals surface area contributed by atoms with Crippen LogP contribution in [0.4, 0.5) is 16.2 Å². The number of carbonyl (C=O) groups is 1. The molecule has 0 spiro atoms. The Morgan fingerprint density at radius 2 is 2.18 bits per heavy atom. The highest BCUT2D eigenvalue weighted by Crippen LogP contribution is 2.14. The maximum atomic E-state index is 13.6. The van der Waals surface area contributed by atoms with E-state index in [2.05, 4.69) is 25.8 Å². The number of benzene rings is 1. The lowest BCUT2D eigenvalue weighted by Crippen LogP contribution is -2.10. The Bertz CT molecular complexity index is 1000. The van der Waals surface area contributed by atoms with E-state index >= 15 is 0 Å². The number of hydrazone groups is 1. The Morgan fingerprint density at radius 1 is 1.32 bits per heavy atom. The molecule has 28 heavy (non-hydrogen) atoms. The monoisotopic (exact) mass is 384 g/mol. The Hall–Kier alpha value is -3.79. The van der Waals surface area contributed by atoms with Crippen LogP contribution in [0.1, 0.15) is 16.1 Å². The molecule has 0 radical (unpaired) electrons. The topological polar surface area (TPSA) is 125 Å². The average molecular weight is 384 g/mol. The van der Waals surface area contributed by atoms with Gasteiger partial charge in [-0.2, -0.15) is 10.1 Å². The van der Waals surface area contributed by atoms with E-state index in [0.717, 1.165) is 6.20 Å². The van der Waals surface area contributed by atoms with Crippen LogP contribution in [0.25, 0.3) is 5.69 Å². The largest absolute Gasteiger partial charge is 0.478 e. The standard InChI is InChI=1S/C18H17FN6O3/c19-15-11-21-18(23-16(15)20-6-8-26)24-22-10-14-5-2-7-25(14)13-4-1-3-12(9-13)17(27)28/h1-5,7,9-11,26H,6,8H2,(H,27,28)(H2,20,21,23,24)/b22-10-. The van der Waals surface area contributed by atoms with E-state index in [1.54, 1.807) is 41.1 Å². The zero-order valence-corrected chi connectivity index (χ0v) is 14.6. The number of aliphatic hydroxyl groups excluding tert-OH is 1. The summed E-state index contributed by atoms with van der Waals surface area (Å²) in [6.07, 6.45) is 4.26. The van der Waals surface area contributed by atoms with E-state index in [1.165, 1.54) is 12.3 Å². The van der Waals surface area contributed by atoms with Gasteiger partial charge in [0.25, 0.3) is 0 Å². The predicted octanol–water partition coefficient (Wildman–Crippen LogP) is 1.95. The lowest BCUT2D eigenvalue weighted by molar-refractivity contribution is 0.0697. The van der Waals surface area contributed by atoms with Crippen LogP contribution in [0.5, 0.6) is 0 Å². The molecule has 0 fully saturated rings. The summed E-state index contributed by atoms with van der Waals surface area (Å²) in [7, 11) is 0. The van der Waals surface area contributed by atoms with Crippen LogP contribution in [-0.4, -0.2) is 50.1 Å². The van der Waals surface area contributed by atoms with E-state index in [-0.39, 0.29) is 30.5 Å². The van der Waals surface area contributed by atoms with Crippen LogP contribution in [0.15, 0.2) is 53.9 Å². The van der Waals surface area contributed by atoms with Gasteiger partial charge in [-0.3, -0.25) is 0 Å². The SMILES string of the molecule is O=C(O)c1cccc(-n2cccc2/C=N\Nc2ncc(F)c(NCCO)n2)c1. The smallest absolute Gasteiger partial charge is 0.335 e. The summed E-state index contributed by atoms with van der Waals surface area (Å²) >= 11 is 0. The molecule has 2 heterocycles. The van der Waals surface area contributed by atoms with Crippen LogP contribution in [-0.2, 0) is 0 Å². The number of carboxylic acids is 1. The molecular formula is C18H17FN6O3. The average Bonchev–Trinajstić information content (AvgIpc) is 3.17. The Labute approximate surface area is 159 Å². The zero-order chi connectivity index (χ0) is 19.9. The van der Waals surface area contributed by atoms with Crippen LogP contribution < -0.4 is 10.7 Å². The van der Waals surface area contributed by atoms with Crippen molar-refractivity contribution in [1.82, 2.24) is 14.5 Å². The lowest BCUT2D eigenvalue weighted by Gasteiger charge is -2.08. The third-order valence-electron chi connectivity index (χ3n) is 3.66. The Kier molecular flexibility index (Phi) is 5.92. The van der Waals surface area contributed by atoms with Gasteiger partial charge in [-0.05, 0) is 30.3 Å². The number of halogens is 1. The minimum Gasteiger partial charge on any atom is -0.478 e. The second-order valence-corrected chi connectivity index (χ2v) is 5.57. The van der Waals surface area contributed by atoms with E-state index in [4.69, 9.17) is 10.2 Å². The minimum atomic E-state index is -1.01. The number of hydrogen-bond acceptors (Lipinski definition) is 7. The van der Waals surface area contributed by atoms with Crippen molar-refractivity contribution in [3.05, 3.63) is 65.9 Å². The predicted molar refractivity (Wildman–Crippen MR) is 102 cm³/mol. The third-order valence-corrected chi connectivity index (χ3v) is 3.66. The minimum absolute atomic E-state index is 0.0457. The summed E-state index contributed by atoms with van der Waals surface area (Å²) in [5.74, 6) is -1.63. The molecule has 0 saturated heterocycles. The second kappa shape index (κ2) is 8.73. The van der Waals surface area contributed by atoms with Gasteiger partial charge in [-0.15, -0.1) is 0 Å². The number of anilines is 2. The molecule has 3 aromatic rings. The fraction of sp³-hybridized carbons (Fsp3) is 0.111. The molecule has 9 nitrogen and oxygen atoms in total. The summed E-state index contributed by atoms with van der Waals surface area (Å²) in [4.78, 5) is 18.9. The van der Waals surface area contributed by atoms with Gasteiger partial charge in [0, 0.05) is 18.4 Å². The first-order chi connectivity index (χ1) is 13.6. The molecule has 0 aliphatic carbocycles. The molecule has 0 aliphatic heterocycles. The molecule has 0 atom stereocenters. The molecule has 10 heteroatoms. The lowest BCUT2D eigenvalue weighted by atomic mass is 10.2. The quantitative estimate of drug-likeness (QED) is 0.346. The molecule has 0 saturated carbocycles. The van der Waals surface area contributed by atoms with Gasteiger partial charge in [-0.1, -0.05) is 6.07 Å². The molecule has 0 unspecified atom stereocenters. The fourth-order valence-corrected chi connectivity index (χ4v) is 2.40. The van der Waals surface area contributed by atoms with Gasteiger partial charge in [-0.25, -0.2) is 19.6 Å². The normalized spacial score (nSPS) is 10.9. The van der Waals surface area contributed by atoms with Crippen LogP contribution >= 0.6 is 0 Å². The summed E-state index contributed by atoms with van der Waals surface area (Å²) < 4.78 is 15.3. The molecule has 0 bridgehead atoms. The Balaban J connectivity index is 1.75. The van der Waals surface area contributed by atoms with E-state index in [9.17, 15) is 9.18 Å². The highest BCUT2D eigenvalue weighted by atomic mass is 19.1. The molecule has 0 amide bonds. The molecule has 144 valence electrons. The summed E-state index contributed by atoms with van der Waals surface area (Å²) in [6.45, 7) is -0.00993. The van der Waals surface area contributed by atoms with Crippen LogP contribution in [0.3, 0.4) is 0 Å². The number of aliphatic hydroxyl groups is 1. The van der Waals surface area contributed by atoms with Gasteiger partial charge in [0.05, 0.1) is 30.3 Å². The van der Waals surface area contributed by atoms with E-state index in [1.807, 2.05) is 0 Å². The van der Waals surface area contributed by atoms with Crippen molar-refractivity contribution in [3.63, 3.8) is 0 Å². The molecule has 2 aromatic heterocycles.